The molecule has 0 fully saturated rings. The molecule has 100 valence electrons. The number of hydrogen-bond donors (Lipinski definition) is 1. The molecule has 2 nitrogen and oxygen atoms in total. The minimum absolute atomic E-state index is 0.0814. The molecule has 0 saturated carbocycles. The van der Waals surface area contributed by atoms with Gasteiger partial charge in [-0.25, -0.2) is 0 Å². The average molecular weight is 263 g/mol. The van der Waals surface area contributed by atoms with Crippen molar-refractivity contribution in [3.63, 3.8) is 0 Å². The third-order valence-electron chi connectivity index (χ3n) is 3.60. The zero-order chi connectivity index (χ0) is 13.9. The van der Waals surface area contributed by atoms with Gasteiger partial charge in [0.05, 0.1) is 0 Å². The summed E-state index contributed by atoms with van der Waals surface area (Å²) in [6.45, 7) is 2.08. The molecular formula is C18H17NO. The second-order valence-electron chi connectivity index (χ2n) is 5.22. The number of carbonyl (C=O) groups is 1. The van der Waals surface area contributed by atoms with E-state index in [9.17, 15) is 4.79 Å². The number of rotatable bonds is 2. The van der Waals surface area contributed by atoms with Crippen molar-refractivity contribution in [2.45, 2.75) is 19.3 Å². The third kappa shape index (κ3) is 2.64. The highest BCUT2D eigenvalue weighted by Crippen LogP contribution is 2.29. The molecule has 2 aromatic rings. The summed E-state index contributed by atoms with van der Waals surface area (Å²) in [7, 11) is 0. The van der Waals surface area contributed by atoms with E-state index >= 15 is 0 Å². The fraction of sp³-hybridized carbons (Fsp3) is 0.167. The molecule has 0 aromatic heterocycles. The number of carbonyl (C=O) groups excluding carboxylic acids is 1. The molecule has 0 aliphatic carbocycles. The Morgan fingerprint density at radius 1 is 1.05 bits per heavy atom. The van der Waals surface area contributed by atoms with Gasteiger partial charge in [0.15, 0.2) is 0 Å². The minimum Gasteiger partial charge on any atom is -0.326 e. The van der Waals surface area contributed by atoms with Crippen molar-refractivity contribution in [1.29, 1.82) is 0 Å². The zero-order valence-corrected chi connectivity index (χ0v) is 11.5. The van der Waals surface area contributed by atoms with Gasteiger partial charge in [0.2, 0.25) is 5.91 Å². The van der Waals surface area contributed by atoms with Gasteiger partial charge in [0, 0.05) is 18.0 Å². The first-order valence-corrected chi connectivity index (χ1v) is 6.86. The molecule has 1 amide bonds. The second-order valence-corrected chi connectivity index (χ2v) is 5.22. The summed E-state index contributed by atoms with van der Waals surface area (Å²) >= 11 is 0. The normalized spacial score (nSPS) is 18.4. The van der Waals surface area contributed by atoms with Gasteiger partial charge < -0.3 is 5.32 Å². The van der Waals surface area contributed by atoms with E-state index in [0.29, 0.717) is 6.42 Å². The predicted molar refractivity (Wildman–Crippen MR) is 81.1 cm³/mol. The van der Waals surface area contributed by atoms with Gasteiger partial charge in [-0.05, 0) is 18.1 Å². The van der Waals surface area contributed by atoms with Gasteiger partial charge in [-0.15, -0.1) is 0 Å². The predicted octanol–water partition coefficient (Wildman–Crippen LogP) is 3.64. The topological polar surface area (TPSA) is 29.1 Å². The zero-order valence-electron chi connectivity index (χ0n) is 11.5. The van der Waals surface area contributed by atoms with E-state index < -0.39 is 0 Å². The number of aryl methyl sites for hydroxylation is 1. The van der Waals surface area contributed by atoms with E-state index in [1.807, 2.05) is 36.4 Å². The van der Waals surface area contributed by atoms with Crippen LogP contribution in [-0.2, 0) is 4.79 Å². The SMILES string of the molecule is Cc1cccc(C2C=C(c3ccccc3)NC(=O)C2)c1. The van der Waals surface area contributed by atoms with E-state index in [1.54, 1.807) is 0 Å². The fourth-order valence-electron chi connectivity index (χ4n) is 2.60. The Balaban J connectivity index is 1.98. The van der Waals surface area contributed by atoms with Crippen LogP contribution in [0.3, 0.4) is 0 Å². The molecule has 1 aliphatic rings. The lowest BCUT2D eigenvalue weighted by molar-refractivity contribution is -0.120. The lowest BCUT2D eigenvalue weighted by Gasteiger charge is -2.22. The highest BCUT2D eigenvalue weighted by Gasteiger charge is 2.21. The highest BCUT2D eigenvalue weighted by atomic mass is 16.1. The summed E-state index contributed by atoms with van der Waals surface area (Å²) in [5, 5.41) is 2.97. The second kappa shape index (κ2) is 5.33. The summed E-state index contributed by atoms with van der Waals surface area (Å²) in [6.07, 6.45) is 2.67. The van der Waals surface area contributed by atoms with Crippen LogP contribution in [0.4, 0.5) is 0 Å². The number of allylic oxidation sites excluding steroid dienone is 1. The Morgan fingerprint density at radius 3 is 2.60 bits per heavy atom. The smallest absolute Gasteiger partial charge is 0.225 e. The molecule has 1 N–H and O–H groups in total. The quantitative estimate of drug-likeness (QED) is 0.880. The van der Waals surface area contributed by atoms with Crippen molar-refractivity contribution >= 4 is 11.6 Å². The molecule has 2 aromatic carbocycles. The molecule has 0 saturated heterocycles. The van der Waals surface area contributed by atoms with Crippen LogP contribution >= 0.6 is 0 Å². The van der Waals surface area contributed by atoms with Crippen LogP contribution in [-0.4, -0.2) is 5.91 Å². The van der Waals surface area contributed by atoms with Crippen molar-refractivity contribution < 1.29 is 4.79 Å². The fourth-order valence-corrected chi connectivity index (χ4v) is 2.60. The van der Waals surface area contributed by atoms with Gasteiger partial charge in [0.1, 0.15) is 0 Å². The van der Waals surface area contributed by atoms with Gasteiger partial charge in [0.25, 0.3) is 0 Å². The van der Waals surface area contributed by atoms with Crippen LogP contribution in [0.2, 0.25) is 0 Å². The molecule has 1 heterocycles. The molecule has 1 aliphatic heterocycles. The lowest BCUT2D eigenvalue weighted by Crippen LogP contribution is -2.28. The van der Waals surface area contributed by atoms with E-state index in [-0.39, 0.29) is 11.8 Å². The Labute approximate surface area is 119 Å². The maximum atomic E-state index is 12.0. The van der Waals surface area contributed by atoms with Gasteiger partial charge in [-0.1, -0.05) is 66.2 Å². The highest BCUT2D eigenvalue weighted by molar-refractivity contribution is 5.90. The van der Waals surface area contributed by atoms with Crippen LogP contribution in [0.1, 0.15) is 29.0 Å². The standard InChI is InChI=1S/C18H17NO/c1-13-6-5-9-15(10-13)16-11-17(19-18(20)12-16)14-7-3-2-4-8-14/h2-11,16H,12H2,1H3,(H,19,20). The largest absolute Gasteiger partial charge is 0.326 e. The Morgan fingerprint density at radius 2 is 1.85 bits per heavy atom. The van der Waals surface area contributed by atoms with Crippen LogP contribution in [0, 0.1) is 6.92 Å². The molecule has 0 bridgehead atoms. The Bertz CT molecular complexity index is 658. The van der Waals surface area contributed by atoms with E-state index in [2.05, 4.69) is 36.5 Å². The summed E-state index contributed by atoms with van der Waals surface area (Å²) in [6, 6.07) is 18.4. The monoisotopic (exact) mass is 263 g/mol. The van der Waals surface area contributed by atoms with Crippen LogP contribution in [0.15, 0.2) is 60.7 Å². The lowest BCUT2D eigenvalue weighted by atomic mass is 9.90. The third-order valence-corrected chi connectivity index (χ3v) is 3.60. The van der Waals surface area contributed by atoms with E-state index in [0.717, 1.165) is 11.3 Å². The van der Waals surface area contributed by atoms with Crippen molar-refractivity contribution in [2.24, 2.45) is 0 Å². The summed E-state index contributed by atoms with van der Waals surface area (Å²) in [5.74, 6) is 0.233. The first kappa shape index (κ1) is 12.7. The van der Waals surface area contributed by atoms with Crippen molar-refractivity contribution in [3.05, 3.63) is 77.4 Å². The van der Waals surface area contributed by atoms with Gasteiger partial charge in [-0.3, -0.25) is 4.79 Å². The van der Waals surface area contributed by atoms with Gasteiger partial charge >= 0.3 is 0 Å². The Kier molecular flexibility index (Phi) is 3.38. The molecule has 0 spiro atoms. The maximum Gasteiger partial charge on any atom is 0.225 e. The van der Waals surface area contributed by atoms with E-state index in [1.165, 1.54) is 11.1 Å². The van der Waals surface area contributed by atoms with Crippen LogP contribution in [0.25, 0.3) is 5.70 Å². The van der Waals surface area contributed by atoms with Gasteiger partial charge in [-0.2, -0.15) is 0 Å². The number of amides is 1. The van der Waals surface area contributed by atoms with Crippen LogP contribution in [0.5, 0.6) is 0 Å². The van der Waals surface area contributed by atoms with Crippen LogP contribution < -0.4 is 5.32 Å². The van der Waals surface area contributed by atoms with Crippen molar-refractivity contribution in [2.75, 3.05) is 0 Å². The Hall–Kier alpha value is -2.35. The molecule has 1 atom stereocenters. The van der Waals surface area contributed by atoms with Crippen molar-refractivity contribution in [3.8, 4) is 0 Å². The first-order chi connectivity index (χ1) is 9.72. The summed E-state index contributed by atoms with van der Waals surface area (Å²) in [5.41, 5.74) is 4.39. The minimum atomic E-state index is 0.0814. The summed E-state index contributed by atoms with van der Waals surface area (Å²) < 4.78 is 0. The molecule has 0 radical (unpaired) electrons. The molecule has 2 heteroatoms. The molecule has 20 heavy (non-hydrogen) atoms. The molecular weight excluding hydrogens is 246 g/mol. The molecule has 1 unspecified atom stereocenters. The van der Waals surface area contributed by atoms with Crippen molar-refractivity contribution in [1.82, 2.24) is 5.32 Å². The number of hydrogen-bond acceptors (Lipinski definition) is 1. The maximum absolute atomic E-state index is 12.0. The number of nitrogens with one attached hydrogen (secondary N) is 1. The summed E-state index contributed by atoms with van der Waals surface area (Å²) in [4.78, 5) is 12.0. The molecule has 3 rings (SSSR count). The van der Waals surface area contributed by atoms with E-state index in [4.69, 9.17) is 0 Å². The number of benzene rings is 2. The first-order valence-electron chi connectivity index (χ1n) is 6.86. The average Bonchev–Trinajstić information content (AvgIpc) is 2.47.